The zero-order valence-corrected chi connectivity index (χ0v) is 6.83. The van der Waals surface area contributed by atoms with Gasteiger partial charge >= 0.3 is 6.09 Å². The first-order valence-corrected chi connectivity index (χ1v) is 3.80. The number of rotatable bonds is 2. The number of amides is 1. The van der Waals surface area contributed by atoms with E-state index in [9.17, 15) is 4.79 Å². The fraction of sp³-hybridized carbons (Fsp3) is 0.625. The Balaban J connectivity index is 2.33. The van der Waals surface area contributed by atoms with Crippen LogP contribution in [-0.4, -0.2) is 18.7 Å². The van der Waals surface area contributed by atoms with Crippen LogP contribution in [0.1, 0.15) is 13.8 Å². The van der Waals surface area contributed by atoms with E-state index in [1.54, 1.807) is 0 Å². The van der Waals surface area contributed by atoms with Gasteiger partial charge in [-0.3, -0.25) is 0 Å². The summed E-state index contributed by atoms with van der Waals surface area (Å²) in [6, 6.07) is 0.0740. The summed E-state index contributed by atoms with van der Waals surface area (Å²) in [4.78, 5) is 10.5. The minimum atomic E-state index is -0.316. The van der Waals surface area contributed by atoms with E-state index < -0.39 is 0 Å². The predicted molar refractivity (Wildman–Crippen MR) is 42.2 cm³/mol. The molecule has 1 aliphatic heterocycles. The molecular weight excluding hydrogens is 142 g/mol. The van der Waals surface area contributed by atoms with Gasteiger partial charge in [0.2, 0.25) is 0 Å². The van der Waals surface area contributed by atoms with E-state index in [1.807, 2.05) is 6.08 Å². The van der Waals surface area contributed by atoms with E-state index in [-0.39, 0.29) is 12.1 Å². The molecule has 1 rings (SSSR count). The van der Waals surface area contributed by atoms with Gasteiger partial charge in [-0.25, -0.2) is 4.79 Å². The van der Waals surface area contributed by atoms with Crippen LogP contribution in [0.25, 0.3) is 0 Å². The topological polar surface area (TPSA) is 38.3 Å². The molecule has 1 amide bonds. The third kappa shape index (κ3) is 2.62. The lowest BCUT2D eigenvalue weighted by Gasteiger charge is -1.99. The van der Waals surface area contributed by atoms with Gasteiger partial charge in [0.1, 0.15) is 6.61 Å². The number of hydrogen-bond acceptors (Lipinski definition) is 2. The molecule has 0 radical (unpaired) electrons. The second kappa shape index (κ2) is 3.42. The molecule has 0 aromatic heterocycles. The Kier molecular flexibility index (Phi) is 2.52. The van der Waals surface area contributed by atoms with Gasteiger partial charge in [0.15, 0.2) is 0 Å². The number of ether oxygens (including phenoxy) is 1. The lowest BCUT2D eigenvalue weighted by atomic mass is 10.2. The summed E-state index contributed by atoms with van der Waals surface area (Å²) in [5, 5.41) is 2.66. The van der Waals surface area contributed by atoms with Crippen molar-refractivity contribution in [2.24, 2.45) is 5.92 Å². The molecule has 0 spiro atoms. The van der Waals surface area contributed by atoms with Crippen molar-refractivity contribution in [3.63, 3.8) is 0 Å². The summed E-state index contributed by atoms with van der Waals surface area (Å²) >= 11 is 0. The quantitative estimate of drug-likeness (QED) is 0.610. The first-order chi connectivity index (χ1) is 5.18. The largest absolute Gasteiger partial charge is 0.447 e. The van der Waals surface area contributed by atoms with Crippen molar-refractivity contribution in [3.8, 4) is 0 Å². The molecule has 0 bridgehead atoms. The van der Waals surface area contributed by atoms with Crippen LogP contribution in [0.3, 0.4) is 0 Å². The minimum absolute atomic E-state index is 0.0740. The van der Waals surface area contributed by atoms with Gasteiger partial charge in [-0.1, -0.05) is 26.0 Å². The third-order valence-electron chi connectivity index (χ3n) is 1.43. The van der Waals surface area contributed by atoms with E-state index in [2.05, 4.69) is 25.2 Å². The predicted octanol–water partition coefficient (Wildman–Crippen LogP) is 1.31. The summed E-state index contributed by atoms with van der Waals surface area (Å²) in [6.45, 7) is 4.64. The van der Waals surface area contributed by atoms with Crippen LogP contribution in [0.5, 0.6) is 0 Å². The highest BCUT2D eigenvalue weighted by molar-refractivity contribution is 5.70. The van der Waals surface area contributed by atoms with Crippen LogP contribution < -0.4 is 5.32 Å². The molecule has 1 heterocycles. The van der Waals surface area contributed by atoms with E-state index in [0.717, 1.165) is 0 Å². The van der Waals surface area contributed by atoms with Crippen LogP contribution in [0.4, 0.5) is 4.79 Å². The van der Waals surface area contributed by atoms with Crippen LogP contribution in [0.15, 0.2) is 12.2 Å². The first-order valence-electron chi connectivity index (χ1n) is 3.80. The Morgan fingerprint density at radius 1 is 1.73 bits per heavy atom. The van der Waals surface area contributed by atoms with Crippen molar-refractivity contribution >= 4 is 6.09 Å². The summed E-state index contributed by atoms with van der Waals surface area (Å²) < 4.78 is 4.70. The summed E-state index contributed by atoms with van der Waals surface area (Å²) in [5.74, 6) is 0.521. The Hall–Kier alpha value is -0.990. The fourth-order valence-electron chi connectivity index (χ4n) is 0.860. The first kappa shape index (κ1) is 8.11. The number of carbonyl (C=O) groups is 1. The molecule has 0 unspecified atom stereocenters. The van der Waals surface area contributed by atoms with Crippen molar-refractivity contribution < 1.29 is 9.53 Å². The number of carbonyl (C=O) groups excluding carboxylic acids is 1. The molecule has 1 atom stereocenters. The van der Waals surface area contributed by atoms with Crippen LogP contribution in [-0.2, 0) is 4.74 Å². The maximum atomic E-state index is 10.5. The lowest BCUT2D eigenvalue weighted by molar-refractivity contribution is 0.177. The van der Waals surface area contributed by atoms with Crippen LogP contribution in [0.2, 0.25) is 0 Å². The average Bonchev–Trinajstić information content (AvgIpc) is 2.31. The zero-order chi connectivity index (χ0) is 8.27. The number of nitrogens with one attached hydrogen (secondary N) is 1. The third-order valence-corrected chi connectivity index (χ3v) is 1.43. The minimum Gasteiger partial charge on any atom is -0.447 e. The fourth-order valence-corrected chi connectivity index (χ4v) is 0.860. The zero-order valence-electron chi connectivity index (χ0n) is 6.83. The van der Waals surface area contributed by atoms with E-state index in [1.165, 1.54) is 0 Å². The highest BCUT2D eigenvalue weighted by Crippen LogP contribution is 2.01. The lowest BCUT2D eigenvalue weighted by Crippen LogP contribution is -2.23. The normalized spacial score (nSPS) is 24.3. The molecule has 0 aliphatic carbocycles. The summed E-state index contributed by atoms with van der Waals surface area (Å²) in [5.41, 5.74) is 0. The Labute approximate surface area is 66.4 Å². The van der Waals surface area contributed by atoms with Crippen LogP contribution in [0, 0.1) is 5.92 Å². The second-order valence-corrected chi connectivity index (χ2v) is 2.98. The molecule has 0 aromatic carbocycles. The van der Waals surface area contributed by atoms with Crippen molar-refractivity contribution in [3.05, 3.63) is 12.2 Å². The second-order valence-electron chi connectivity index (χ2n) is 2.98. The van der Waals surface area contributed by atoms with Gasteiger partial charge < -0.3 is 10.1 Å². The van der Waals surface area contributed by atoms with E-state index >= 15 is 0 Å². The van der Waals surface area contributed by atoms with Crippen molar-refractivity contribution in [2.75, 3.05) is 6.61 Å². The Morgan fingerprint density at radius 3 is 2.91 bits per heavy atom. The molecule has 1 fully saturated rings. The number of cyclic esters (lactones) is 1. The molecular formula is C8H13NO2. The van der Waals surface area contributed by atoms with Crippen molar-refractivity contribution in [2.45, 2.75) is 19.9 Å². The molecule has 0 saturated carbocycles. The molecule has 1 aliphatic rings. The number of hydrogen-bond donors (Lipinski definition) is 1. The molecule has 0 aromatic rings. The number of allylic oxidation sites excluding steroid dienone is 1. The molecule has 62 valence electrons. The van der Waals surface area contributed by atoms with Gasteiger partial charge in [-0.05, 0) is 5.92 Å². The Bertz CT molecular complexity index is 175. The van der Waals surface area contributed by atoms with Crippen molar-refractivity contribution in [1.29, 1.82) is 0 Å². The SMILES string of the molecule is CC(C)/C=C/[C@@H]1COC(=O)N1. The van der Waals surface area contributed by atoms with Gasteiger partial charge in [0.25, 0.3) is 0 Å². The van der Waals surface area contributed by atoms with Gasteiger partial charge in [0.05, 0.1) is 6.04 Å². The maximum absolute atomic E-state index is 10.5. The maximum Gasteiger partial charge on any atom is 0.407 e. The van der Waals surface area contributed by atoms with Crippen LogP contribution >= 0.6 is 0 Å². The molecule has 11 heavy (non-hydrogen) atoms. The Morgan fingerprint density at radius 2 is 2.45 bits per heavy atom. The average molecular weight is 155 g/mol. The van der Waals surface area contributed by atoms with Gasteiger partial charge in [-0.2, -0.15) is 0 Å². The molecule has 1 saturated heterocycles. The molecule has 1 N–H and O–H groups in total. The van der Waals surface area contributed by atoms with Gasteiger partial charge in [0, 0.05) is 0 Å². The van der Waals surface area contributed by atoms with E-state index in [4.69, 9.17) is 4.74 Å². The van der Waals surface area contributed by atoms with E-state index in [0.29, 0.717) is 12.5 Å². The van der Waals surface area contributed by atoms with Crippen molar-refractivity contribution in [1.82, 2.24) is 5.32 Å². The smallest absolute Gasteiger partial charge is 0.407 e. The summed E-state index contributed by atoms with van der Waals surface area (Å²) in [6.07, 6.45) is 3.71. The molecule has 3 heteroatoms. The monoisotopic (exact) mass is 155 g/mol. The highest BCUT2D eigenvalue weighted by atomic mass is 16.6. The van der Waals surface area contributed by atoms with Gasteiger partial charge in [-0.15, -0.1) is 0 Å². The summed E-state index contributed by atoms with van der Waals surface area (Å²) in [7, 11) is 0. The highest BCUT2D eigenvalue weighted by Gasteiger charge is 2.18. The number of alkyl carbamates (subject to hydrolysis) is 1. The molecule has 3 nitrogen and oxygen atoms in total. The standard InChI is InChI=1S/C8H13NO2/c1-6(2)3-4-7-5-11-8(10)9-7/h3-4,6-7H,5H2,1-2H3,(H,9,10)/b4-3+/t7-/m1/s1.